The Hall–Kier alpha value is -3.79. The van der Waals surface area contributed by atoms with Crippen molar-refractivity contribution in [2.45, 2.75) is 46.0 Å². The average Bonchev–Trinajstić information content (AvgIpc) is 3.47. The second kappa shape index (κ2) is 17.6. The summed E-state index contributed by atoms with van der Waals surface area (Å²) in [7, 11) is -2.16. The number of benzene rings is 4. The van der Waals surface area contributed by atoms with Gasteiger partial charge in [-0.05, 0) is 64.9 Å². The molecule has 48 heavy (non-hydrogen) atoms. The van der Waals surface area contributed by atoms with Crippen LogP contribution in [0.15, 0.2) is 114 Å². The van der Waals surface area contributed by atoms with Gasteiger partial charge in [0.2, 0.25) is 5.91 Å². The van der Waals surface area contributed by atoms with E-state index in [1.165, 1.54) is 0 Å². The van der Waals surface area contributed by atoms with E-state index in [2.05, 4.69) is 38.2 Å². The van der Waals surface area contributed by atoms with Crippen molar-refractivity contribution >= 4 is 45.1 Å². The van der Waals surface area contributed by atoms with Crippen molar-refractivity contribution in [2.75, 3.05) is 11.1 Å². The summed E-state index contributed by atoms with van der Waals surface area (Å²) in [6, 6.07) is 32.8. The molecule has 5 rings (SSSR count). The van der Waals surface area contributed by atoms with Gasteiger partial charge in [0.15, 0.2) is 5.78 Å². The molecule has 244 valence electrons. The van der Waals surface area contributed by atoms with Gasteiger partial charge >= 0.3 is 29.6 Å². The molecular formula is C39H39NNaO6S-. The first kappa shape index (κ1) is 38.7. The third kappa shape index (κ3) is 10.9. The van der Waals surface area contributed by atoms with Crippen LogP contribution in [0.2, 0.25) is 0 Å². The predicted octanol–water partition coefficient (Wildman–Crippen LogP) is 6.22. The molecule has 2 N–H and O–H groups in total. The first-order valence-corrected chi connectivity index (χ1v) is 16.7. The summed E-state index contributed by atoms with van der Waals surface area (Å²) in [5, 5.41) is 4.13. The number of rotatable bonds is 12. The number of furan rings is 1. The molecule has 1 heterocycles. The Balaban J connectivity index is 0.00000312. The number of carbonyl (C=O) groups is 2. The molecule has 0 unspecified atom stereocenters. The molecule has 1 atom stereocenters. The Bertz CT molecular complexity index is 1880. The monoisotopic (exact) mass is 672 g/mol. The summed E-state index contributed by atoms with van der Waals surface area (Å²) in [5.41, 5.74) is 5.86. The molecule has 0 saturated carbocycles. The van der Waals surface area contributed by atoms with Crippen LogP contribution < -0.4 is 34.9 Å². The molecule has 0 saturated heterocycles. The van der Waals surface area contributed by atoms with Crippen LogP contribution in [0.3, 0.4) is 0 Å². The number of nitrogens with one attached hydrogen (secondary N) is 1. The summed E-state index contributed by atoms with van der Waals surface area (Å²) >= 11 is 0. The van der Waals surface area contributed by atoms with Crippen LogP contribution >= 0.6 is 0 Å². The first-order chi connectivity index (χ1) is 22.0. The van der Waals surface area contributed by atoms with E-state index >= 15 is 0 Å². The number of fused-ring (bicyclic) bond motifs is 1. The zero-order valence-corrected chi connectivity index (χ0v) is 30.6. The van der Waals surface area contributed by atoms with Crippen LogP contribution in [0, 0.1) is 5.41 Å². The van der Waals surface area contributed by atoms with E-state index in [9.17, 15) is 18.0 Å². The Kier molecular flexibility index (Phi) is 14.1. The van der Waals surface area contributed by atoms with Crippen molar-refractivity contribution < 1.29 is 57.5 Å². The molecule has 0 aliphatic rings. The molecule has 5 aromatic rings. The van der Waals surface area contributed by atoms with Gasteiger partial charge in [-0.3, -0.25) is 9.59 Å². The fourth-order valence-electron chi connectivity index (χ4n) is 5.18. The first-order valence-electron chi connectivity index (χ1n) is 15.4. The molecule has 0 aliphatic carbocycles. The molecule has 0 bridgehead atoms. The fourth-order valence-corrected chi connectivity index (χ4v) is 5.56. The molecular weight excluding hydrogens is 633 g/mol. The molecule has 0 spiro atoms. The fraction of sp³-hybridized carbons (Fsp3) is 0.231. The number of allylic oxidation sites excluding steroid dienone is 1. The van der Waals surface area contributed by atoms with Gasteiger partial charge < -0.3 is 23.6 Å². The van der Waals surface area contributed by atoms with Crippen molar-refractivity contribution in [1.82, 2.24) is 0 Å². The zero-order valence-electron chi connectivity index (χ0n) is 27.8. The summed E-state index contributed by atoms with van der Waals surface area (Å²) < 4.78 is 27.6. The van der Waals surface area contributed by atoms with Crippen molar-refractivity contribution in [2.24, 2.45) is 5.41 Å². The Morgan fingerprint density at radius 2 is 1.54 bits per heavy atom. The summed E-state index contributed by atoms with van der Waals surface area (Å²) in [5.74, 6) is 0.00858. The second-order valence-electron chi connectivity index (χ2n) is 12.6. The number of hydrogen-bond acceptors (Lipinski definition) is 7. The Morgan fingerprint density at radius 1 is 0.875 bits per heavy atom. The summed E-state index contributed by atoms with van der Waals surface area (Å²) in [6.45, 7) is 6.44. The minimum atomic E-state index is -2.16. The molecule has 1 amide bonds. The van der Waals surface area contributed by atoms with Gasteiger partial charge in [0.25, 0.3) is 0 Å². The van der Waals surface area contributed by atoms with Crippen LogP contribution in [-0.2, 0) is 30.3 Å². The maximum atomic E-state index is 13.8. The summed E-state index contributed by atoms with van der Waals surface area (Å²) in [4.78, 5) is 26.4. The number of hydrogen-bond donors (Lipinski definition) is 1. The number of amides is 1. The van der Waals surface area contributed by atoms with Crippen LogP contribution in [0.5, 0.6) is 0 Å². The van der Waals surface area contributed by atoms with E-state index in [0.29, 0.717) is 24.1 Å². The maximum Gasteiger partial charge on any atom is 1.00 e. The second-order valence-corrected chi connectivity index (χ2v) is 13.6. The van der Waals surface area contributed by atoms with Gasteiger partial charge in [-0.15, -0.1) is 0 Å². The van der Waals surface area contributed by atoms with E-state index in [1.54, 1.807) is 12.1 Å². The van der Waals surface area contributed by atoms with Gasteiger partial charge in [0.1, 0.15) is 11.3 Å². The minimum absolute atomic E-state index is 0. The van der Waals surface area contributed by atoms with Crippen molar-refractivity contribution in [3.8, 4) is 11.3 Å². The van der Waals surface area contributed by atoms with E-state index in [-0.39, 0.29) is 64.3 Å². The van der Waals surface area contributed by atoms with Gasteiger partial charge in [-0.1, -0.05) is 123 Å². The maximum absolute atomic E-state index is 13.8. The Labute approximate surface area is 306 Å². The molecule has 4 aromatic carbocycles. The minimum Gasteiger partial charge on any atom is -0.870 e. The van der Waals surface area contributed by atoms with E-state index < -0.39 is 16.6 Å². The smallest absolute Gasteiger partial charge is 0.870 e. The number of para-hydroxylation sites is 1. The number of carbonyl (C=O) groups excluding carboxylic acids is 2. The van der Waals surface area contributed by atoms with E-state index in [0.717, 1.165) is 39.0 Å². The standard InChI is InChI=1S/C39H38NO5S.Na.H2O/c1-39(2,3)23-22-27-10-14-29(15-11-27)34(25-28-12-16-30(17-13-28)35(41)8-6-24-46(43)44)38(42)40-33-20-18-31(19-21-33)37-26-32-7-4-5-9-36(32)45-37;;/h4-5,7,9-23,26,34H,6,8,24-25H2,1-3H3,(H,40,42);;1H2/q-1;+1;/p-1/b23-22+;;/t34-;;/m0../s1. The largest absolute Gasteiger partial charge is 1.00 e. The van der Waals surface area contributed by atoms with Crippen molar-refractivity contribution in [1.29, 1.82) is 0 Å². The van der Waals surface area contributed by atoms with Gasteiger partial charge in [0.05, 0.1) is 5.92 Å². The van der Waals surface area contributed by atoms with Crippen molar-refractivity contribution in [3.05, 3.63) is 131 Å². The van der Waals surface area contributed by atoms with Gasteiger partial charge in [-0.25, -0.2) is 0 Å². The molecule has 1 aromatic heterocycles. The topological polar surface area (TPSA) is 123 Å². The number of Topliss-reactive ketones (excluding diaryl/α,β-unsaturated/α-hetero) is 1. The zero-order chi connectivity index (χ0) is 32.7. The van der Waals surface area contributed by atoms with E-state index in [4.69, 9.17) is 4.42 Å². The van der Waals surface area contributed by atoms with Crippen LogP contribution in [-0.4, -0.2) is 22.9 Å². The normalized spacial score (nSPS) is 12.0. The third-order valence-corrected chi connectivity index (χ3v) is 8.35. The van der Waals surface area contributed by atoms with E-state index in [1.807, 2.05) is 91.0 Å². The molecule has 7 nitrogen and oxygen atoms in total. The third-order valence-electron chi connectivity index (χ3n) is 7.72. The molecule has 0 aliphatic heterocycles. The number of ketones is 1. The van der Waals surface area contributed by atoms with Crippen LogP contribution in [0.25, 0.3) is 28.4 Å². The van der Waals surface area contributed by atoms with Crippen LogP contribution in [0.1, 0.15) is 66.6 Å². The van der Waals surface area contributed by atoms with Gasteiger partial charge in [0, 0.05) is 28.6 Å². The summed E-state index contributed by atoms with van der Waals surface area (Å²) in [6.07, 6.45) is 5.14. The molecule has 0 fully saturated rings. The molecule has 9 heteroatoms. The van der Waals surface area contributed by atoms with Crippen LogP contribution in [0.4, 0.5) is 5.69 Å². The Morgan fingerprint density at radius 3 is 2.17 bits per heavy atom. The van der Waals surface area contributed by atoms with Crippen molar-refractivity contribution in [3.63, 3.8) is 0 Å². The molecule has 0 radical (unpaired) electrons. The average molecular weight is 673 g/mol. The quantitative estimate of drug-likeness (QED) is 0.0954. The van der Waals surface area contributed by atoms with Gasteiger partial charge in [-0.2, -0.15) is 0 Å². The predicted molar refractivity (Wildman–Crippen MR) is 187 cm³/mol. The number of anilines is 1. The SMILES string of the molecule is CC(C)(C)/C=C/c1ccc([C@H](Cc2ccc(C(=O)CCC[S-](=O)=O)cc2)C(=O)Nc2ccc(-c3cc4ccccc4o3)cc2)cc1.[Na+].[OH-].